The molecule has 7 nitrogen and oxygen atoms in total. The van der Waals surface area contributed by atoms with Crippen molar-refractivity contribution < 1.29 is 22.7 Å². The fourth-order valence-corrected chi connectivity index (χ4v) is 3.77. The van der Waals surface area contributed by atoms with Crippen LogP contribution in [0.1, 0.15) is 6.92 Å². The summed E-state index contributed by atoms with van der Waals surface area (Å²) >= 11 is 3.31. The molecule has 9 heteroatoms. The van der Waals surface area contributed by atoms with Crippen LogP contribution in [-0.2, 0) is 14.8 Å². The molecule has 2 aromatic carbocycles. The van der Waals surface area contributed by atoms with Crippen LogP contribution in [0.2, 0.25) is 0 Å². The van der Waals surface area contributed by atoms with E-state index >= 15 is 0 Å². The van der Waals surface area contributed by atoms with E-state index in [1.807, 2.05) is 6.07 Å². The Morgan fingerprint density at radius 2 is 1.77 bits per heavy atom. The van der Waals surface area contributed by atoms with Crippen molar-refractivity contribution in [2.45, 2.75) is 17.9 Å². The predicted octanol–water partition coefficient (Wildman–Crippen LogP) is 2.77. The van der Waals surface area contributed by atoms with Gasteiger partial charge in [0.2, 0.25) is 15.9 Å². The average molecular weight is 443 g/mol. The van der Waals surface area contributed by atoms with E-state index in [0.29, 0.717) is 11.4 Å². The Hall–Kier alpha value is -2.10. The summed E-state index contributed by atoms with van der Waals surface area (Å²) in [7, 11) is -1.05. The standard InChI is InChI=1S/C17H19BrN2O5S/c1-11(17(21)19-13-6-4-5-12(18)9-13)20-26(22,23)14-7-8-15(24-2)16(10-14)25-3/h4-11,20H,1-3H3,(H,19,21)/t11-/m0/s1. The molecule has 0 heterocycles. The van der Waals surface area contributed by atoms with Crippen molar-refractivity contribution >= 4 is 37.5 Å². The average Bonchev–Trinajstić information content (AvgIpc) is 2.60. The van der Waals surface area contributed by atoms with Gasteiger partial charge in [0, 0.05) is 16.2 Å². The monoisotopic (exact) mass is 442 g/mol. The topological polar surface area (TPSA) is 93.7 Å². The second-order valence-corrected chi connectivity index (χ2v) is 7.99. The summed E-state index contributed by atoms with van der Waals surface area (Å²) < 4.78 is 38.4. The molecular weight excluding hydrogens is 424 g/mol. The molecule has 0 fully saturated rings. The van der Waals surface area contributed by atoms with E-state index in [2.05, 4.69) is 26.0 Å². The smallest absolute Gasteiger partial charge is 0.242 e. The molecule has 0 aromatic heterocycles. The third-order valence-electron chi connectivity index (χ3n) is 3.48. The van der Waals surface area contributed by atoms with Crippen LogP contribution in [0.5, 0.6) is 11.5 Å². The fraction of sp³-hybridized carbons (Fsp3) is 0.235. The summed E-state index contributed by atoms with van der Waals surface area (Å²) in [5, 5.41) is 2.66. The number of rotatable bonds is 7. The lowest BCUT2D eigenvalue weighted by molar-refractivity contribution is -0.117. The van der Waals surface area contributed by atoms with Crippen molar-refractivity contribution in [3.05, 3.63) is 46.9 Å². The normalized spacial score (nSPS) is 12.3. The first kappa shape index (κ1) is 20.2. The summed E-state index contributed by atoms with van der Waals surface area (Å²) in [5.41, 5.74) is 0.557. The zero-order valence-corrected chi connectivity index (χ0v) is 16.8. The maximum atomic E-state index is 12.5. The molecule has 0 saturated heterocycles. The van der Waals surface area contributed by atoms with Crippen molar-refractivity contribution in [3.8, 4) is 11.5 Å². The lowest BCUT2D eigenvalue weighted by Gasteiger charge is -2.15. The third kappa shape index (κ3) is 4.96. The van der Waals surface area contributed by atoms with Crippen LogP contribution in [0.15, 0.2) is 51.8 Å². The number of carbonyl (C=O) groups is 1. The molecule has 140 valence electrons. The van der Waals surface area contributed by atoms with E-state index in [-0.39, 0.29) is 10.6 Å². The summed E-state index contributed by atoms with van der Waals surface area (Å²) in [6, 6.07) is 10.2. The highest BCUT2D eigenvalue weighted by Crippen LogP contribution is 2.29. The van der Waals surface area contributed by atoms with E-state index in [4.69, 9.17) is 9.47 Å². The molecule has 0 aliphatic rings. The van der Waals surface area contributed by atoms with Crippen LogP contribution in [0.25, 0.3) is 0 Å². The predicted molar refractivity (Wildman–Crippen MR) is 102 cm³/mol. The Morgan fingerprint density at radius 3 is 2.38 bits per heavy atom. The number of halogens is 1. The first-order valence-corrected chi connectivity index (χ1v) is 9.85. The molecule has 0 aliphatic heterocycles. The Bertz CT molecular complexity index is 902. The molecule has 26 heavy (non-hydrogen) atoms. The van der Waals surface area contributed by atoms with Gasteiger partial charge in [0.05, 0.1) is 25.2 Å². The molecular formula is C17H19BrN2O5S. The highest BCUT2D eigenvalue weighted by molar-refractivity contribution is 9.10. The summed E-state index contributed by atoms with van der Waals surface area (Å²) in [6.07, 6.45) is 0. The second kappa shape index (κ2) is 8.52. The van der Waals surface area contributed by atoms with Gasteiger partial charge in [0.1, 0.15) is 0 Å². The van der Waals surface area contributed by atoms with E-state index in [9.17, 15) is 13.2 Å². The first-order chi connectivity index (χ1) is 12.3. The van der Waals surface area contributed by atoms with Crippen molar-refractivity contribution in [2.24, 2.45) is 0 Å². The first-order valence-electron chi connectivity index (χ1n) is 7.57. The third-order valence-corrected chi connectivity index (χ3v) is 5.51. The van der Waals surface area contributed by atoms with Crippen LogP contribution < -0.4 is 19.5 Å². The van der Waals surface area contributed by atoms with Gasteiger partial charge in [-0.1, -0.05) is 22.0 Å². The van der Waals surface area contributed by atoms with Gasteiger partial charge < -0.3 is 14.8 Å². The maximum absolute atomic E-state index is 12.5. The van der Waals surface area contributed by atoms with Gasteiger partial charge in [-0.3, -0.25) is 4.79 Å². The van der Waals surface area contributed by atoms with E-state index in [1.165, 1.54) is 39.3 Å². The lowest BCUT2D eigenvalue weighted by atomic mass is 10.3. The van der Waals surface area contributed by atoms with Crippen molar-refractivity contribution in [2.75, 3.05) is 19.5 Å². The van der Waals surface area contributed by atoms with Crippen LogP contribution >= 0.6 is 15.9 Å². The van der Waals surface area contributed by atoms with Crippen molar-refractivity contribution in [1.29, 1.82) is 0 Å². The number of ether oxygens (including phenoxy) is 2. The van der Waals surface area contributed by atoms with Gasteiger partial charge in [-0.25, -0.2) is 8.42 Å². The Kier molecular flexibility index (Phi) is 6.63. The van der Waals surface area contributed by atoms with E-state index < -0.39 is 22.0 Å². The minimum absolute atomic E-state index is 0.0303. The number of anilines is 1. The number of methoxy groups -OCH3 is 2. The van der Waals surface area contributed by atoms with Crippen LogP contribution in [0, 0.1) is 0 Å². The minimum atomic E-state index is -3.92. The molecule has 1 atom stereocenters. The maximum Gasteiger partial charge on any atom is 0.242 e. The van der Waals surface area contributed by atoms with Gasteiger partial charge in [0.15, 0.2) is 11.5 Å². The van der Waals surface area contributed by atoms with Gasteiger partial charge in [-0.15, -0.1) is 0 Å². The highest BCUT2D eigenvalue weighted by Gasteiger charge is 2.23. The van der Waals surface area contributed by atoms with Crippen molar-refractivity contribution in [1.82, 2.24) is 4.72 Å². The van der Waals surface area contributed by atoms with Gasteiger partial charge in [-0.2, -0.15) is 4.72 Å². The number of amides is 1. The van der Waals surface area contributed by atoms with Crippen LogP contribution in [-0.4, -0.2) is 34.6 Å². The van der Waals surface area contributed by atoms with Crippen molar-refractivity contribution in [3.63, 3.8) is 0 Å². The molecule has 0 aliphatic carbocycles. The number of hydrogen-bond acceptors (Lipinski definition) is 5. The SMILES string of the molecule is COc1ccc(S(=O)(=O)N[C@@H](C)C(=O)Nc2cccc(Br)c2)cc1OC. The summed E-state index contributed by atoms with van der Waals surface area (Å²) in [4.78, 5) is 12.2. The van der Waals surface area contributed by atoms with Crippen LogP contribution in [0.4, 0.5) is 5.69 Å². The second-order valence-electron chi connectivity index (χ2n) is 5.36. The number of hydrogen-bond donors (Lipinski definition) is 2. The molecule has 0 spiro atoms. The quantitative estimate of drug-likeness (QED) is 0.687. The van der Waals surface area contributed by atoms with Crippen LogP contribution in [0.3, 0.4) is 0 Å². The number of sulfonamides is 1. The van der Waals surface area contributed by atoms with E-state index in [0.717, 1.165) is 4.47 Å². The number of benzene rings is 2. The van der Waals surface area contributed by atoms with Gasteiger partial charge in [0.25, 0.3) is 0 Å². The number of carbonyl (C=O) groups excluding carboxylic acids is 1. The minimum Gasteiger partial charge on any atom is -0.493 e. The Morgan fingerprint density at radius 1 is 1.08 bits per heavy atom. The van der Waals surface area contributed by atoms with Gasteiger partial charge in [-0.05, 0) is 37.3 Å². The summed E-state index contributed by atoms with van der Waals surface area (Å²) in [6.45, 7) is 1.46. The van der Waals surface area contributed by atoms with E-state index in [1.54, 1.807) is 18.2 Å². The molecule has 0 unspecified atom stereocenters. The molecule has 1 amide bonds. The number of nitrogens with one attached hydrogen (secondary N) is 2. The molecule has 2 rings (SSSR count). The summed E-state index contributed by atoms with van der Waals surface area (Å²) in [5.74, 6) is 0.209. The highest BCUT2D eigenvalue weighted by atomic mass is 79.9. The Labute approximate surface area is 160 Å². The molecule has 0 bridgehead atoms. The zero-order valence-electron chi connectivity index (χ0n) is 14.4. The molecule has 2 aromatic rings. The van der Waals surface area contributed by atoms with Gasteiger partial charge >= 0.3 is 0 Å². The Balaban J connectivity index is 2.14. The lowest BCUT2D eigenvalue weighted by Crippen LogP contribution is -2.41. The molecule has 0 saturated carbocycles. The molecule has 2 N–H and O–H groups in total. The largest absolute Gasteiger partial charge is 0.493 e. The molecule has 0 radical (unpaired) electrons. The fourth-order valence-electron chi connectivity index (χ4n) is 2.15. The zero-order chi connectivity index (χ0) is 19.3.